The van der Waals surface area contributed by atoms with E-state index < -0.39 is 0 Å². The molecule has 0 bridgehead atoms. The third kappa shape index (κ3) is 24.7. The highest BCUT2D eigenvalue weighted by atomic mass is 13.6. The van der Waals surface area contributed by atoms with E-state index in [2.05, 4.69) is 190 Å². The van der Waals surface area contributed by atoms with Crippen LogP contribution in [0.1, 0.15) is 0 Å². The molecule has 0 rings (SSSR count). The lowest BCUT2D eigenvalue weighted by atomic mass is 10.4. The fourth-order valence-corrected chi connectivity index (χ4v) is 0.967. The SMILES string of the molecule is C#CC#CC#CC#CC#CC#CC#CC#CC#CC#CC#CC#CC#CC#CC#CC#CC=C. The summed E-state index contributed by atoms with van der Waals surface area (Å²) in [7, 11) is 0. The molecule has 0 radical (unpaired) electrons. The predicted molar refractivity (Wildman–Crippen MR) is 136 cm³/mol. The topological polar surface area (TPSA) is 0 Å². The molecule has 0 nitrogen and oxygen atoms in total. The van der Waals surface area contributed by atoms with E-state index in [1.54, 1.807) is 0 Å². The van der Waals surface area contributed by atoms with Crippen LogP contribution in [-0.4, -0.2) is 0 Å². The second-order valence-electron chi connectivity index (χ2n) is 4.12. The smallest absolute Gasteiger partial charge is 0 e. The fraction of sp³-hybridized carbons (Fsp3) is 0. The molecule has 0 saturated heterocycles. The van der Waals surface area contributed by atoms with Crippen molar-refractivity contribution in [1.29, 1.82) is 0 Å². The van der Waals surface area contributed by atoms with Gasteiger partial charge in [-0.1, -0.05) is 12.5 Å². The zero-order chi connectivity index (χ0) is 24.6. The molecule has 0 heteroatoms. The summed E-state index contributed by atoms with van der Waals surface area (Å²) in [4.78, 5) is 0. The van der Waals surface area contributed by atoms with Gasteiger partial charge in [0.15, 0.2) is 0 Å². The summed E-state index contributed by atoms with van der Waals surface area (Å²) in [5.41, 5.74) is 0. The molecule has 0 aliphatic carbocycles. The maximum Gasteiger partial charge on any atom is 0 e. The second kappa shape index (κ2) is 25.7. The van der Waals surface area contributed by atoms with Gasteiger partial charge in [-0.25, -0.2) is 0 Å². The van der Waals surface area contributed by atoms with Gasteiger partial charge in [0.25, 0.3) is 0 Å². The van der Waals surface area contributed by atoms with Crippen LogP contribution in [0.5, 0.6) is 0 Å². The lowest BCUT2D eigenvalue weighted by molar-refractivity contribution is 2.27. The summed E-state index contributed by atoms with van der Waals surface area (Å²) in [6, 6.07) is 0. The van der Waals surface area contributed by atoms with Crippen LogP contribution in [0.3, 0.4) is 0 Å². The molecular weight excluding hydrogens is 408 g/mol. The van der Waals surface area contributed by atoms with Crippen LogP contribution in [0.25, 0.3) is 0 Å². The Hall–Kier alpha value is -7.30. The van der Waals surface area contributed by atoms with E-state index in [9.17, 15) is 0 Å². The molecule has 0 aromatic carbocycles. The summed E-state index contributed by atoms with van der Waals surface area (Å²) in [5, 5.41) is 0. The number of terminal acetylenes is 1. The van der Waals surface area contributed by atoms with Gasteiger partial charge in [0.05, 0.1) is 0 Å². The Morgan fingerprint density at radius 2 is 0.471 bits per heavy atom. The Balaban J connectivity index is 4.49. The minimum absolute atomic E-state index is 1.44. The molecule has 0 N–H and O–H groups in total. The summed E-state index contributed by atoms with van der Waals surface area (Å²) >= 11 is 0. The molecule has 0 amide bonds. The molecule has 0 aromatic rings. The van der Waals surface area contributed by atoms with Gasteiger partial charge in [0.1, 0.15) is 0 Å². The zero-order valence-corrected chi connectivity index (χ0v) is 17.4. The third-order valence-corrected chi connectivity index (χ3v) is 2.00. The zero-order valence-electron chi connectivity index (χ0n) is 17.4. The lowest BCUT2D eigenvalue weighted by Gasteiger charge is -1.57. The second-order valence-corrected chi connectivity index (χ2v) is 4.12. The molecule has 0 unspecified atom stereocenters. The number of rotatable bonds is 0. The van der Waals surface area contributed by atoms with Gasteiger partial charge in [-0.15, -0.1) is 6.42 Å². The normalized spacial score (nSPS) is 3.97. The summed E-state index contributed by atoms with van der Waals surface area (Å²) in [5.74, 6) is 76.7. The Morgan fingerprint density at radius 1 is 0.294 bits per heavy atom. The molecule has 0 aliphatic rings. The van der Waals surface area contributed by atoms with Gasteiger partial charge in [-0.3, -0.25) is 0 Å². The van der Waals surface area contributed by atoms with Crippen molar-refractivity contribution in [3.8, 4) is 190 Å². The molecule has 0 aromatic heterocycles. The van der Waals surface area contributed by atoms with Crippen LogP contribution in [-0.2, 0) is 0 Å². The van der Waals surface area contributed by atoms with E-state index in [1.165, 1.54) is 6.08 Å². The Kier molecular flexibility index (Phi) is 20.2. The van der Waals surface area contributed by atoms with Crippen molar-refractivity contribution in [1.82, 2.24) is 0 Å². The van der Waals surface area contributed by atoms with Crippen LogP contribution in [0, 0.1) is 190 Å². The van der Waals surface area contributed by atoms with Crippen molar-refractivity contribution in [2.75, 3.05) is 0 Å². The minimum Gasteiger partial charge on any atom is -0.106 e. The molecule has 0 heterocycles. The predicted octanol–water partition coefficient (Wildman–Crippen LogP) is 0.857. The van der Waals surface area contributed by atoms with Gasteiger partial charge >= 0.3 is 0 Å². The molecule has 0 fully saturated rings. The highest BCUT2D eigenvalue weighted by Crippen LogP contribution is 1.60. The molecule has 140 valence electrons. The van der Waals surface area contributed by atoms with Crippen molar-refractivity contribution in [2.24, 2.45) is 0 Å². The Labute approximate surface area is 202 Å². The van der Waals surface area contributed by atoms with Crippen molar-refractivity contribution < 1.29 is 0 Å². The summed E-state index contributed by atoms with van der Waals surface area (Å²) in [6.07, 6.45) is 6.37. The number of hydrogen-bond donors (Lipinski definition) is 0. The molecular formula is C34H4. The summed E-state index contributed by atoms with van der Waals surface area (Å²) in [6.45, 7) is 3.43. The van der Waals surface area contributed by atoms with Gasteiger partial charge < -0.3 is 0 Å². The Morgan fingerprint density at radius 3 is 0.647 bits per heavy atom. The first-order valence-electron chi connectivity index (χ1n) is 8.49. The minimum atomic E-state index is 1.44. The first-order valence-corrected chi connectivity index (χ1v) is 8.49. The molecule has 0 atom stereocenters. The first-order chi connectivity index (χ1) is 16.9. The monoisotopic (exact) mass is 412 g/mol. The maximum atomic E-state index is 4.92. The van der Waals surface area contributed by atoms with E-state index in [0.717, 1.165) is 0 Å². The molecule has 0 aliphatic heterocycles. The summed E-state index contributed by atoms with van der Waals surface area (Å²) < 4.78 is 0. The van der Waals surface area contributed by atoms with E-state index in [0.29, 0.717) is 0 Å². The average Bonchev–Trinajstić information content (AvgIpc) is 2.85. The van der Waals surface area contributed by atoms with Crippen molar-refractivity contribution >= 4 is 0 Å². The standard InChI is InChI=1S/C34H4/c1-3-5-7-9-11-13-15-17-19-21-23-25-27-29-31-33-34-32-30-28-26-24-22-20-18-16-14-12-10-8-6-4-2/h1,4H,2H2. The molecule has 0 saturated carbocycles. The van der Waals surface area contributed by atoms with Crippen molar-refractivity contribution in [3.05, 3.63) is 12.7 Å². The largest absolute Gasteiger partial charge is 0.106 e. The fourth-order valence-electron chi connectivity index (χ4n) is 0.967. The highest BCUT2D eigenvalue weighted by molar-refractivity contribution is 5.48. The average molecular weight is 412 g/mol. The van der Waals surface area contributed by atoms with Crippen LogP contribution in [0.2, 0.25) is 0 Å². The lowest BCUT2D eigenvalue weighted by Crippen LogP contribution is -1.57. The Bertz CT molecular complexity index is 1840. The van der Waals surface area contributed by atoms with Crippen LogP contribution >= 0.6 is 0 Å². The van der Waals surface area contributed by atoms with Gasteiger partial charge in [-0.05, 0) is 101 Å². The van der Waals surface area contributed by atoms with Crippen LogP contribution in [0.4, 0.5) is 0 Å². The van der Waals surface area contributed by atoms with E-state index in [4.69, 9.17) is 6.42 Å². The van der Waals surface area contributed by atoms with E-state index >= 15 is 0 Å². The van der Waals surface area contributed by atoms with Gasteiger partial charge in [-0.2, -0.15) is 0 Å². The van der Waals surface area contributed by atoms with Crippen LogP contribution in [0.15, 0.2) is 12.7 Å². The van der Waals surface area contributed by atoms with Crippen molar-refractivity contribution in [2.45, 2.75) is 0 Å². The first kappa shape index (κ1) is 26.7. The van der Waals surface area contributed by atoms with Gasteiger partial charge in [0, 0.05) is 82.9 Å². The maximum absolute atomic E-state index is 4.92. The quantitative estimate of drug-likeness (QED) is 0.518. The molecule has 34 heavy (non-hydrogen) atoms. The highest BCUT2D eigenvalue weighted by Gasteiger charge is 1.60. The van der Waals surface area contributed by atoms with Crippen molar-refractivity contribution in [3.63, 3.8) is 0 Å². The van der Waals surface area contributed by atoms with Crippen LogP contribution < -0.4 is 0 Å². The third-order valence-electron chi connectivity index (χ3n) is 2.00. The number of allylic oxidation sites excluding steroid dienone is 1. The molecule has 0 spiro atoms. The van der Waals surface area contributed by atoms with Gasteiger partial charge in [0.2, 0.25) is 0 Å². The van der Waals surface area contributed by atoms with E-state index in [-0.39, 0.29) is 0 Å². The van der Waals surface area contributed by atoms with E-state index in [1.807, 2.05) is 0 Å². The number of hydrogen-bond acceptors (Lipinski definition) is 0.